The van der Waals surface area contributed by atoms with Crippen molar-refractivity contribution in [1.29, 1.82) is 0 Å². The number of nitrogens with one attached hydrogen (secondary N) is 1. The molecule has 5 heteroatoms. The lowest BCUT2D eigenvalue weighted by atomic mass is 10.1. The van der Waals surface area contributed by atoms with E-state index in [2.05, 4.69) is 12.2 Å². The van der Waals surface area contributed by atoms with Crippen LogP contribution in [0.3, 0.4) is 0 Å². The molecule has 0 bridgehead atoms. The molecule has 0 saturated heterocycles. The van der Waals surface area contributed by atoms with Crippen molar-refractivity contribution in [3.05, 3.63) is 23.2 Å². The molecule has 0 aliphatic carbocycles. The highest BCUT2D eigenvalue weighted by molar-refractivity contribution is 6.32. The summed E-state index contributed by atoms with van der Waals surface area (Å²) in [6.07, 6.45) is 3.57. The Morgan fingerprint density at radius 1 is 1.40 bits per heavy atom. The van der Waals surface area contributed by atoms with Gasteiger partial charge in [0.25, 0.3) is 0 Å². The Labute approximate surface area is 125 Å². The number of amides is 1. The van der Waals surface area contributed by atoms with Gasteiger partial charge in [0, 0.05) is 5.69 Å². The van der Waals surface area contributed by atoms with Crippen LogP contribution in [0.2, 0.25) is 5.02 Å². The third-order valence-electron chi connectivity index (χ3n) is 2.87. The van der Waals surface area contributed by atoms with Gasteiger partial charge in [-0.3, -0.25) is 4.79 Å². The van der Waals surface area contributed by atoms with Crippen LogP contribution in [-0.4, -0.2) is 18.6 Å². The maximum atomic E-state index is 11.9. The predicted molar refractivity (Wildman–Crippen MR) is 83.4 cm³/mol. The predicted octanol–water partition coefficient (Wildman–Crippen LogP) is 3.58. The number of ether oxygens (including phenoxy) is 1. The monoisotopic (exact) mass is 298 g/mol. The molecule has 0 heterocycles. The largest absolute Gasteiger partial charge is 0.492 e. The third kappa shape index (κ3) is 5.39. The van der Waals surface area contributed by atoms with E-state index in [1.54, 1.807) is 18.2 Å². The first-order valence-electron chi connectivity index (χ1n) is 7.07. The van der Waals surface area contributed by atoms with Gasteiger partial charge in [-0.25, -0.2) is 0 Å². The second-order valence-corrected chi connectivity index (χ2v) is 5.14. The number of halogens is 1. The molecule has 3 N–H and O–H groups in total. The standard InChI is InChI=1S/C15H23ClN2O2/c1-3-5-6-13(17)15(19)18-11-7-8-14(12(16)10-11)20-9-4-2/h7-8,10,13H,3-6,9,17H2,1-2H3,(H,18,19). The molecular weight excluding hydrogens is 276 g/mol. The zero-order chi connectivity index (χ0) is 15.0. The van der Waals surface area contributed by atoms with E-state index in [-0.39, 0.29) is 5.91 Å². The number of hydrogen-bond donors (Lipinski definition) is 2. The second-order valence-electron chi connectivity index (χ2n) is 4.73. The van der Waals surface area contributed by atoms with Gasteiger partial charge in [-0.05, 0) is 31.0 Å². The van der Waals surface area contributed by atoms with Crippen molar-refractivity contribution in [2.75, 3.05) is 11.9 Å². The molecule has 0 spiro atoms. The topological polar surface area (TPSA) is 64.4 Å². The average Bonchev–Trinajstić information content (AvgIpc) is 2.43. The number of benzene rings is 1. The molecule has 0 aromatic heterocycles. The molecule has 0 radical (unpaired) electrons. The lowest BCUT2D eigenvalue weighted by Gasteiger charge is -2.13. The summed E-state index contributed by atoms with van der Waals surface area (Å²) in [6.45, 7) is 4.72. The summed E-state index contributed by atoms with van der Waals surface area (Å²) < 4.78 is 5.48. The number of hydrogen-bond acceptors (Lipinski definition) is 3. The highest BCUT2D eigenvalue weighted by atomic mass is 35.5. The number of rotatable bonds is 8. The Morgan fingerprint density at radius 2 is 2.15 bits per heavy atom. The SMILES string of the molecule is CCCCC(N)C(=O)Nc1ccc(OCCC)c(Cl)c1. The first-order valence-corrected chi connectivity index (χ1v) is 7.45. The van der Waals surface area contributed by atoms with Crippen molar-refractivity contribution < 1.29 is 9.53 Å². The second kappa shape index (κ2) is 8.82. The van der Waals surface area contributed by atoms with Gasteiger partial charge in [0.05, 0.1) is 17.7 Å². The minimum absolute atomic E-state index is 0.184. The van der Waals surface area contributed by atoms with Crippen LogP contribution in [0.5, 0.6) is 5.75 Å². The Morgan fingerprint density at radius 3 is 2.75 bits per heavy atom. The van der Waals surface area contributed by atoms with E-state index in [9.17, 15) is 4.79 Å². The molecule has 1 atom stereocenters. The Kier molecular flexibility index (Phi) is 7.41. The summed E-state index contributed by atoms with van der Waals surface area (Å²) in [5.41, 5.74) is 6.45. The maximum absolute atomic E-state index is 11.9. The van der Waals surface area contributed by atoms with Crippen LogP contribution in [0.15, 0.2) is 18.2 Å². The summed E-state index contributed by atoms with van der Waals surface area (Å²) in [7, 11) is 0. The van der Waals surface area contributed by atoms with E-state index in [0.717, 1.165) is 19.3 Å². The molecule has 20 heavy (non-hydrogen) atoms. The van der Waals surface area contributed by atoms with Crippen molar-refractivity contribution in [2.24, 2.45) is 5.73 Å². The van der Waals surface area contributed by atoms with E-state index in [1.807, 2.05) is 6.92 Å². The van der Waals surface area contributed by atoms with Gasteiger partial charge in [0.1, 0.15) is 5.75 Å². The van der Waals surface area contributed by atoms with Crippen molar-refractivity contribution in [2.45, 2.75) is 45.6 Å². The van der Waals surface area contributed by atoms with Crippen LogP contribution in [0, 0.1) is 0 Å². The van der Waals surface area contributed by atoms with Crippen molar-refractivity contribution in [3.63, 3.8) is 0 Å². The Balaban J connectivity index is 2.60. The summed E-state index contributed by atoms with van der Waals surface area (Å²) >= 11 is 6.10. The van der Waals surface area contributed by atoms with Gasteiger partial charge in [-0.2, -0.15) is 0 Å². The summed E-state index contributed by atoms with van der Waals surface area (Å²) in [4.78, 5) is 11.9. The molecule has 112 valence electrons. The van der Waals surface area contributed by atoms with Crippen LogP contribution >= 0.6 is 11.6 Å². The number of carbonyl (C=O) groups excluding carboxylic acids is 1. The smallest absolute Gasteiger partial charge is 0.241 e. The third-order valence-corrected chi connectivity index (χ3v) is 3.16. The zero-order valence-corrected chi connectivity index (χ0v) is 12.9. The molecule has 0 saturated carbocycles. The van der Waals surface area contributed by atoms with Crippen LogP contribution in [0.4, 0.5) is 5.69 Å². The van der Waals surface area contributed by atoms with E-state index in [0.29, 0.717) is 29.5 Å². The van der Waals surface area contributed by atoms with Crippen LogP contribution < -0.4 is 15.8 Å². The molecule has 1 aromatic carbocycles. The molecule has 1 aromatic rings. The molecule has 1 rings (SSSR count). The highest BCUT2D eigenvalue weighted by Crippen LogP contribution is 2.27. The van der Waals surface area contributed by atoms with Crippen LogP contribution in [0.25, 0.3) is 0 Å². The quantitative estimate of drug-likeness (QED) is 0.771. The van der Waals surface area contributed by atoms with E-state index >= 15 is 0 Å². The Bertz CT molecular complexity index is 438. The minimum Gasteiger partial charge on any atom is -0.492 e. The fourth-order valence-corrected chi connectivity index (χ4v) is 1.93. The lowest BCUT2D eigenvalue weighted by Crippen LogP contribution is -2.35. The number of carbonyl (C=O) groups is 1. The van der Waals surface area contributed by atoms with E-state index in [4.69, 9.17) is 22.1 Å². The van der Waals surface area contributed by atoms with Crippen molar-refractivity contribution in [1.82, 2.24) is 0 Å². The highest BCUT2D eigenvalue weighted by Gasteiger charge is 2.13. The fraction of sp³-hybridized carbons (Fsp3) is 0.533. The first-order chi connectivity index (χ1) is 9.58. The molecule has 0 aliphatic heterocycles. The first kappa shape index (κ1) is 16.8. The van der Waals surface area contributed by atoms with Gasteiger partial charge in [0.15, 0.2) is 0 Å². The molecule has 1 amide bonds. The van der Waals surface area contributed by atoms with Crippen molar-refractivity contribution in [3.8, 4) is 5.75 Å². The van der Waals surface area contributed by atoms with Gasteiger partial charge >= 0.3 is 0 Å². The molecule has 0 aliphatic rings. The normalized spacial score (nSPS) is 12.0. The van der Waals surface area contributed by atoms with Crippen LogP contribution in [-0.2, 0) is 4.79 Å². The van der Waals surface area contributed by atoms with Gasteiger partial charge in [-0.15, -0.1) is 0 Å². The van der Waals surface area contributed by atoms with Gasteiger partial charge < -0.3 is 15.8 Å². The number of nitrogens with two attached hydrogens (primary N) is 1. The lowest BCUT2D eigenvalue weighted by molar-refractivity contribution is -0.117. The van der Waals surface area contributed by atoms with Gasteiger partial charge in [0.2, 0.25) is 5.91 Å². The number of unbranched alkanes of at least 4 members (excludes halogenated alkanes) is 1. The summed E-state index contributed by atoms with van der Waals surface area (Å²) in [5.74, 6) is 0.443. The van der Waals surface area contributed by atoms with Crippen molar-refractivity contribution >= 4 is 23.2 Å². The summed E-state index contributed by atoms with van der Waals surface area (Å²) in [5, 5.41) is 3.26. The number of anilines is 1. The minimum atomic E-state index is -0.482. The average molecular weight is 299 g/mol. The zero-order valence-electron chi connectivity index (χ0n) is 12.1. The van der Waals surface area contributed by atoms with E-state index < -0.39 is 6.04 Å². The van der Waals surface area contributed by atoms with E-state index in [1.165, 1.54) is 0 Å². The van der Waals surface area contributed by atoms with Crippen LogP contribution in [0.1, 0.15) is 39.5 Å². The molecule has 4 nitrogen and oxygen atoms in total. The Hall–Kier alpha value is -1.26. The fourth-order valence-electron chi connectivity index (χ4n) is 1.70. The molecule has 1 unspecified atom stereocenters. The van der Waals surface area contributed by atoms with Gasteiger partial charge in [-0.1, -0.05) is 38.3 Å². The summed E-state index contributed by atoms with van der Waals surface area (Å²) in [6, 6.07) is 4.72. The molecular formula is C15H23ClN2O2. The maximum Gasteiger partial charge on any atom is 0.241 e. The molecule has 0 fully saturated rings.